The van der Waals surface area contributed by atoms with E-state index in [-0.39, 0.29) is 11.6 Å². The predicted octanol–water partition coefficient (Wildman–Crippen LogP) is 1.18. The second kappa shape index (κ2) is 3.93. The van der Waals surface area contributed by atoms with E-state index in [1.807, 2.05) is 0 Å². The van der Waals surface area contributed by atoms with Crippen molar-refractivity contribution < 1.29 is 14.4 Å². The van der Waals surface area contributed by atoms with Crippen LogP contribution in [-0.2, 0) is 4.57 Å². The number of rotatable bonds is 3. The molecule has 2 atom stereocenters. The van der Waals surface area contributed by atoms with E-state index in [9.17, 15) is 4.57 Å². The van der Waals surface area contributed by atoms with Crippen LogP contribution >= 0.6 is 7.60 Å². The zero-order valence-electron chi connectivity index (χ0n) is 8.81. The SMILES string of the molecule is C[C@@H]1CC(CN)(CP(=O)(O)O)C[C@H]1C. The molecule has 1 aliphatic carbocycles. The summed E-state index contributed by atoms with van der Waals surface area (Å²) in [6.45, 7) is 4.64. The summed E-state index contributed by atoms with van der Waals surface area (Å²) in [5.41, 5.74) is 5.34. The van der Waals surface area contributed by atoms with Crippen molar-refractivity contribution in [3.05, 3.63) is 0 Å². The maximum atomic E-state index is 11.0. The van der Waals surface area contributed by atoms with Gasteiger partial charge in [-0.1, -0.05) is 13.8 Å². The lowest BCUT2D eigenvalue weighted by atomic mass is 9.87. The molecule has 0 heterocycles. The molecule has 4 nitrogen and oxygen atoms in total. The smallest absolute Gasteiger partial charge is 0.326 e. The zero-order valence-corrected chi connectivity index (χ0v) is 9.70. The van der Waals surface area contributed by atoms with Crippen molar-refractivity contribution in [2.24, 2.45) is 23.0 Å². The fourth-order valence-corrected chi connectivity index (χ4v) is 3.91. The molecule has 0 saturated heterocycles. The van der Waals surface area contributed by atoms with Crippen LogP contribution in [0.5, 0.6) is 0 Å². The Bertz CT molecular complexity index is 240. The summed E-state index contributed by atoms with van der Waals surface area (Å²) in [5, 5.41) is 0. The lowest BCUT2D eigenvalue weighted by Gasteiger charge is -2.27. The molecule has 0 aliphatic heterocycles. The van der Waals surface area contributed by atoms with E-state index in [2.05, 4.69) is 13.8 Å². The van der Waals surface area contributed by atoms with Crippen LogP contribution in [0.2, 0.25) is 0 Å². The van der Waals surface area contributed by atoms with Crippen molar-refractivity contribution in [3.63, 3.8) is 0 Å². The maximum Gasteiger partial charge on any atom is 0.326 e. The summed E-state index contributed by atoms with van der Waals surface area (Å²) in [4.78, 5) is 18.0. The molecule has 0 aromatic carbocycles. The van der Waals surface area contributed by atoms with Crippen molar-refractivity contribution in [1.82, 2.24) is 0 Å². The van der Waals surface area contributed by atoms with E-state index < -0.39 is 7.60 Å². The van der Waals surface area contributed by atoms with Crippen LogP contribution in [-0.4, -0.2) is 22.5 Å². The first-order valence-corrected chi connectivity index (χ1v) is 6.82. The minimum atomic E-state index is -3.93. The second-order valence-electron chi connectivity index (χ2n) is 4.89. The first-order chi connectivity index (χ1) is 6.28. The Morgan fingerprint density at radius 1 is 1.36 bits per heavy atom. The van der Waals surface area contributed by atoms with Crippen LogP contribution in [0.3, 0.4) is 0 Å². The summed E-state index contributed by atoms with van der Waals surface area (Å²) in [5.74, 6) is 1.04. The minimum absolute atomic E-state index is 0.0504. The van der Waals surface area contributed by atoms with Gasteiger partial charge in [0.1, 0.15) is 0 Å². The van der Waals surface area contributed by atoms with E-state index in [0.717, 1.165) is 12.8 Å². The van der Waals surface area contributed by atoms with Gasteiger partial charge in [0.25, 0.3) is 0 Å². The topological polar surface area (TPSA) is 83.6 Å². The molecule has 5 heteroatoms. The van der Waals surface area contributed by atoms with Crippen LogP contribution < -0.4 is 5.73 Å². The van der Waals surface area contributed by atoms with Crippen LogP contribution in [0, 0.1) is 17.3 Å². The largest absolute Gasteiger partial charge is 0.330 e. The van der Waals surface area contributed by atoms with Crippen LogP contribution in [0.1, 0.15) is 26.7 Å². The molecule has 1 saturated carbocycles. The summed E-state index contributed by atoms with van der Waals surface area (Å²) >= 11 is 0. The van der Waals surface area contributed by atoms with Gasteiger partial charge in [0, 0.05) is 0 Å². The van der Waals surface area contributed by atoms with E-state index in [1.54, 1.807) is 0 Å². The molecule has 0 bridgehead atoms. The van der Waals surface area contributed by atoms with Gasteiger partial charge in [-0.25, -0.2) is 0 Å². The standard InChI is InChI=1S/C9H20NO3P/c1-7-3-9(5-10,4-8(7)2)6-14(11,12)13/h7-8H,3-6,10H2,1-2H3,(H2,11,12,13)/t7-,8-/m1/s1. The third-order valence-corrected chi connectivity index (χ3v) is 4.54. The molecule has 1 fully saturated rings. The molecule has 0 unspecified atom stereocenters. The molecule has 1 rings (SSSR count). The second-order valence-corrected chi connectivity index (χ2v) is 6.54. The van der Waals surface area contributed by atoms with Crippen molar-refractivity contribution in [2.45, 2.75) is 26.7 Å². The normalized spacial score (nSPS) is 32.1. The summed E-state index contributed by atoms with van der Waals surface area (Å²) in [6, 6.07) is 0. The average molecular weight is 221 g/mol. The zero-order chi connectivity index (χ0) is 11.0. The van der Waals surface area contributed by atoms with Crippen molar-refractivity contribution >= 4 is 7.60 Å². The maximum absolute atomic E-state index is 11.0. The third kappa shape index (κ3) is 2.80. The van der Waals surface area contributed by atoms with Gasteiger partial charge in [0.05, 0.1) is 6.16 Å². The van der Waals surface area contributed by atoms with Gasteiger partial charge in [0.2, 0.25) is 0 Å². The molecule has 0 aromatic heterocycles. The first kappa shape index (κ1) is 12.2. The number of hydrogen-bond donors (Lipinski definition) is 3. The highest BCUT2D eigenvalue weighted by Crippen LogP contribution is 2.52. The molecule has 0 amide bonds. The minimum Gasteiger partial charge on any atom is -0.330 e. The Morgan fingerprint density at radius 2 is 1.79 bits per heavy atom. The van der Waals surface area contributed by atoms with E-state index >= 15 is 0 Å². The van der Waals surface area contributed by atoms with Gasteiger partial charge in [0.15, 0.2) is 0 Å². The van der Waals surface area contributed by atoms with E-state index in [0.29, 0.717) is 18.4 Å². The Kier molecular flexibility index (Phi) is 3.42. The molecule has 0 radical (unpaired) electrons. The number of hydrogen-bond acceptors (Lipinski definition) is 2. The Balaban J connectivity index is 2.75. The highest BCUT2D eigenvalue weighted by Gasteiger charge is 2.44. The van der Waals surface area contributed by atoms with Gasteiger partial charge < -0.3 is 15.5 Å². The van der Waals surface area contributed by atoms with Crippen LogP contribution in [0.25, 0.3) is 0 Å². The van der Waals surface area contributed by atoms with E-state index in [4.69, 9.17) is 15.5 Å². The fourth-order valence-electron chi connectivity index (χ4n) is 2.65. The molecule has 4 N–H and O–H groups in total. The lowest BCUT2D eigenvalue weighted by molar-refractivity contribution is 0.293. The van der Waals surface area contributed by atoms with Gasteiger partial charge in [-0.2, -0.15) is 0 Å². The lowest BCUT2D eigenvalue weighted by Crippen LogP contribution is -2.31. The summed E-state index contributed by atoms with van der Waals surface area (Å²) in [7, 11) is -3.93. The average Bonchev–Trinajstić information content (AvgIpc) is 2.25. The van der Waals surface area contributed by atoms with Crippen molar-refractivity contribution in [1.29, 1.82) is 0 Å². The van der Waals surface area contributed by atoms with Crippen molar-refractivity contribution in [2.75, 3.05) is 12.7 Å². The van der Waals surface area contributed by atoms with E-state index in [1.165, 1.54) is 0 Å². The Morgan fingerprint density at radius 3 is 2.07 bits per heavy atom. The molecule has 84 valence electrons. The fraction of sp³-hybridized carbons (Fsp3) is 1.00. The molecule has 14 heavy (non-hydrogen) atoms. The Labute approximate surface area is 85.0 Å². The predicted molar refractivity (Wildman–Crippen MR) is 56.0 cm³/mol. The third-order valence-electron chi connectivity index (χ3n) is 3.46. The summed E-state index contributed by atoms with van der Waals surface area (Å²) in [6.07, 6.45) is 1.64. The van der Waals surface area contributed by atoms with Crippen molar-refractivity contribution in [3.8, 4) is 0 Å². The Hall–Kier alpha value is 0.110. The highest BCUT2D eigenvalue weighted by molar-refractivity contribution is 7.51. The van der Waals surface area contributed by atoms with Crippen LogP contribution in [0.15, 0.2) is 0 Å². The molecule has 0 aromatic rings. The van der Waals surface area contributed by atoms with Crippen LogP contribution in [0.4, 0.5) is 0 Å². The molecular formula is C9H20NO3P. The van der Waals surface area contributed by atoms with Gasteiger partial charge in [-0.15, -0.1) is 0 Å². The summed E-state index contributed by atoms with van der Waals surface area (Å²) < 4.78 is 11.0. The molecular weight excluding hydrogens is 201 g/mol. The quantitative estimate of drug-likeness (QED) is 0.625. The van der Waals surface area contributed by atoms with Gasteiger partial charge >= 0.3 is 7.60 Å². The highest BCUT2D eigenvalue weighted by atomic mass is 31.2. The number of nitrogens with two attached hydrogens (primary N) is 1. The van der Waals surface area contributed by atoms with Gasteiger partial charge in [-0.05, 0) is 36.6 Å². The molecule has 1 aliphatic rings. The van der Waals surface area contributed by atoms with Gasteiger partial charge in [-0.3, -0.25) is 4.57 Å². The monoisotopic (exact) mass is 221 g/mol. The molecule has 0 spiro atoms. The first-order valence-electron chi connectivity index (χ1n) is 5.03.